The average Bonchev–Trinajstić information content (AvgIpc) is 3.36. The molecular formula is C23H25Cl2N3O6S. The summed E-state index contributed by atoms with van der Waals surface area (Å²) in [7, 11) is 1.16. The van der Waals surface area contributed by atoms with E-state index < -0.39 is 23.7 Å². The summed E-state index contributed by atoms with van der Waals surface area (Å²) in [4.78, 5) is 37.9. The van der Waals surface area contributed by atoms with E-state index in [0.29, 0.717) is 25.3 Å². The standard InChI is InChI=1S/C23H25Cl2N3O6S/c1-3-33-20-15(24)7-12(8-16(20)25)18-14(9-26)22(28-21(30)19(18)23(31)32-2)35-11-17(29)27-10-13-5-4-6-34-13/h7-8,13,18-19H,3-6,10-11H2,1-2H3,(H,27,29)(H,28,30)/t13-,18+,19+/m0/s1. The lowest BCUT2D eigenvalue weighted by Crippen LogP contribution is -2.44. The van der Waals surface area contributed by atoms with Gasteiger partial charge in [-0.05, 0) is 37.5 Å². The maximum absolute atomic E-state index is 13.0. The molecule has 12 heteroatoms. The van der Waals surface area contributed by atoms with Crippen LogP contribution in [0, 0.1) is 17.2 Å². The maximum Gasteiger partial charge on any atom is 0.319 e. The summed E-state index contributed by atoms with van der Waals surface area (Å²) in [5.41, 5.74) is 0.458. The normalized spacial score (nSPS) is 21.8. The molecule has 0 unspecified atom stereocenters. The Morgan fingerprint density at radius 2 is 2.06 bits per heavy atom. The van der Waals surface area contributed by atoms with Crippen molar-refractivity contribution < 1.29 is 28.6 Å². The van der Waals surface area contributed by atoms with Crippen LogP contribution in [0.2, 0.25) is 10.0 Å². The monoisotopic (exact) mass is 541 g/mol. The quantitative estimate of drug-likeness (QED) is 0.360. The third kappa shape index (κ3) is 6.41. The number of rotatable bonds is 9. The van der Waals surface area contributed by atoms with E-state index in [2.05, 4.69) is 16.7 Å². The minimum atomic E-state index is -1.35. The summed E-state index contributed by atoms with van der Waals surface area (Å²) in [6.07, 6.45) is 1.84. The lowest BCUT2D eigenvalue weighted by molar-refractivity contribution is -0.150. The number of hydrogen-bond donors (Lipinski definition) is 2. The van der Waals surface area contributed by atoms with E-state index in [1.807, 2.05) is 0 Å². The van der Waals surface area contributed by atoms with Crippen molar-refractivity contribution in [1.29, 1.82) is 5.26 Å². The predicted octanol–water partition coefficient (Wildman–Crippen LogP) is 3.16. The molecular weight excluding hydrogens is 517 g/mol. The van der Waals surface area contributed by atoms with Crippen LogP contribution in [0.5, 0.6) is 5.75 Å². The van der Waals surface area contributed by atoms with Crippen LogP contribution in [0.25, 0.3) is 0 Å². The van der Waals surface area contributed by atoms with Crippen LogP contribution in [0.1, 0.15) is 31.2 Å². The minimum absolute atomic E-state index is 0.00781. The van der Waals surface area contributed by atoms with Crippen molar-refractivity contribution >= 4 is 52.7 Å². The van der Waals surface area contributed by atoms with Crippen molar-refractivity contribution in [3.05, 3.63) is 38.3 Å². The highest BCUT2D eigenvalue weighted by Crippen LogP contribution is 2.44. The largest absolute Gasteiger partial charge is 0.491 e. The Kier molecular flexibility index (Phi) is 9.69. The molecule has 35 heavy (non-hydrogen) atoms. The fourth-order valence-corrected chi connectivity index (χ4v) is 5.43. The van der Waals surface area contributed by atoms with Crippen LogP contribution in [-0.4, -0.2) is 56.5 Å². The number of benzene rings is 1. The third-order valence-corrected chi connectivity index (χ3v) is 7.13. The number of nitrogens with one attached hydrogen (secondary N) is 2. The van der Waals surface area contributed by atoms with Gasteiger partial charge in [-0.2, -0.15) is 5.26 Å². The fraction of sp³-hybridized carbons (Fsp3) is 0.478. The first-order valence-electron chi connectivity index (χ1n) is 11.0. The number of hydrogen-bond acceptors (Lipinski definition) is 8. The Balaban J connectivity index is 1.90. The van der Waals surface area contributed by atoms with Gasteiger partial charge in [-0.1, -0.05) is 35.0 Å². The van der Waals surface area contributed by atoms with Gasteiger partial charge >= 0.3 is 5.97 Å². The molecule has 2 N–H and O–H groups in total. The van der Waals surface area contributed by atoms with Gasteiger partial charge in [0.15, 0.2) is 5.75 Å². The number of methoxy groups -OCH3 is 1. The van der Waals surface area contributed by atoms with Crippen LogP contribution in [0.15, 0.2) is 22.7 Å². The fourth-order valence-electron chi connectivity index (χ4n) is 3.94. The lowest BCUT2D eigenvalue weighted by Gasteiger charge is -2.31. The highest BCUT2D eigenvalue weighted by atomic mass is 35.5. The molecule has 1 aromatic carbocycles. The second-order valence-corrected chi connectivity index (χ2v) is 9.60. The molecule has 2 aliphatic heterocycles. The van der Waals surface area contributed by atoms with Crippen LogP contribution < -0.4 is 15.4 Å². The number of esters is 1. The second kappa shape index (κ2) is 12.5. The molecule has 2 aliphatic rings. The van der Waals surface area contributed by atoms with Crippen molar-refractivity contribution in [3.8, 4) is 11.8 Å². The average molecular weight is 542 g/mol. The van der Waals surface area contributed by atoms with Crippen molar-refractivity contribution in [2.24, 2.45) is 5.92 Å². The first-order valence-corrected chi connectivity index (χ1v) is 12.7. The lowest BCUT2D eigenvalue weighted by atomic mass is 9.78. The van der Waals surface area contributed by atoms with E-state index in [1.54, 1.807) is 6.92 Å². The summed E-state index contributed by atoms with van der Waals surface area (Å²) in [6, 6.07) is 5.09. The van der Waals surface area contributed by atoms with E-state index in [4.69, 9.17) is 37.4 Å². The van der Waals surface area contributed by atoms with E-state index in [0.717, 1.165) is 31.7 Å². The molecule has 2 heterocycles. The van der Waals surface area contributed by atoms with Crippen molar-refractivity contribution in [2.45, 2.75) is 31.8 Å². The molecule has 188 valence electrons. The molecule has 0 spiro atoms. The number of nitriles is 1. The zero-order valence-corrected chi connectivity index (χ0v) is 21.5. The first-order chi connectivity index (χ1) is 16.8. The molecule has 9 nitrogen and oxygen atoms in total. The van der Waals surface area contributed by atoms with Crippen molar-refractivity contribution in [3.63, 3.8) is 0 Å². The summed E-state index contributed by atoms with van der Waals surface area (Å²) < 4.78 is 15.8. The number of halogens is 2. The number of thioether (sulfide) groups is 1. The van der Waals surface area contributed by atoms with Crippen LogP contribution in [-0.2, 0) is 23.9 Å². The van der Waals surface area contributed by atoms with Gasteiger partial charge in [-0.3, -0.25) is 14.4 Å². The summed E-state index contributed by atoms with van der Waals surface area (Å²) in [6.45, 7) is 3.18. The highest BCUT2D eigenvalue weighted by molar-refractivity contribution is 8.03. The van der Waals surface area contributed by atoms with Crippen LogP contribution in [0.3, 0.4) is 0 Å². The van der Waals surface area contributed by atoms with Crippen LogP contribution in [0.4, 0.5) is 0 Å². The Hall–Kier alpha value is -2.45. The number of amides is 2. The summed E-state index contributed by atoms with van der Waals surface area (Å²) in [5, 5.41) is 15.9. The number of carbonyl (C=O) groups is 3. The molecule has 0 bridgehead atoms. The van der Waals surface area contributed by atoms with Gasteiger partial charge in [0.2, 0.25) is 11.8 Å². The summed E-state index contributed by atoms with van der Waals surface area (Å²) in [5.74, 6) is -3.92. The van der Waals surface area contributed by atoms with Gasteiger partial charge in [-0.15, -0.1) is 0 Å². The molecule has 0 radical (unpaired) electrons. The van der Waals surface area contributed by atoms with Gasteiger partial charge in [0, 0.05) is 19.1 Å². The van der Waals surface area contributed by atoms with Gasteiger partial charge in [0.1, 0.15) is 5.92 Å². The van der Waals surface area contributed by atoms with Crippen molar-refractivity contribution in [2.75, 3.05) is 32.6 Å². The van der Waals surface area contributed by atoms with E-state index in [9.17, 15) is 19.6 Å². The van der Waals surface area contributed by atoms with Gasteiger partial charge in [-0.25, -0.2) is 0 Å². The molecule has 1 aromatic rings. The Morgan fingerprint density at radius 1 is 1.34 bits per heavy atom. The summed E-state index contributed by atoms with van der Waals surface area (Å²) >= 11 is 13.7. The predicted molar refractivity (Wildman–Crippen MR) is 131 cm³/mol. The third-order valence-electron chi connectivity index (χ3n) is 5.55. The zero-order valence-electron chi connectivity index (χ0n) is 19.2. The SMILES string of the molecule is CCOc1c(Cl)cc([C@@H]2C(C#N)=C(SCC(=O)NC[C@@H]3CCCO3)NC(=O)[C@@H]2C(=O)OC)cc1Cl. The Labute approximate surface area is 217 Å². The smallest absolute Gasteiger partial charge is 0.319 e. The van der Waals surface area contributed by atoms with Crippen LogP contribution >= 0.6 is 35.0 Å². The maximum atomic E-state index is 13.0. The second-order valence-electron chi connectivity index (χ2n) is 7.80. The van der Waals surface area contributed by atoms with E-state index >= 15 is 0 Å². The molecule has 2 amide bonds. The first kappa shape index (κ1) is 27.1. The Morgan fingerprint density at radius 3 is 2.63 bits per heavy atom. The molecule has 0 aromatic heterocycles. The number of ether oxygens (including phenoxy) is 3. The van der Waals surface area contributed by atoms with E-state index in [1.165, 1.54) is 12.1 Å². The number of allylic oxidation sites excluding steroid dienone is 1. The molecule has 0 saturated carbocycles. The van der Waals surface area contributed by atoms with Gasteiger partial charge in [0.25, 0.3) is 0 Å². The number of nitrogens with zero attached hydrogens (tertiary/aromatic N) is 1. The van der Waals surface area contributed by atoms with Crippen molar-refractivity contribution in [1.82, 2.24) is 10.6 Å². The van der Waals surface area contributed by atoms with E-state index in [-0.39, 0.29) is 44.2 Å². The molecule has 0 aliphatic carbocycles. The van der Waals surface area contributed by atoms with Gasteiger partial charge < -0.3 is 24.8 Å². The number of carbonyl (C=O) groups excluding carboxylic acids is 3. The minimum Gasteiger partial charge on any atom is -0.491 e. The zero-order chi connectivity index (χ0) is 25.5. The van der Waals surface area contributed by atoms with Gasteiger partial charge in [0.05, 0.1) is 52.3 Å². The highest BCUT2D eigenvalue weighted by Gasteiger charge is 2.44. The molecule has 3 atom stereocenters. The molecule has 1 fully saturated rings. The molecule has 1 saturated heterocycles. The topological polar surface area (TPSA) is 127 Å². The Bertz CT molecular complexity index is 1040. The molecule has 3 rings (SSSR count).